The van der Waals surface area contributed by atoms with Gasteiger partial charge >= 0.3 is 0 Å². The molecule has 0 amide bonds. The number of nitrogens with zero attached hydrogens (tertiary/aromatic N) is 3. The number of fused-ring (bicyclic) bond motifs is 3. The van der Waals surface area contributed by atoms with Crippen LogP contribution in [-0.4, -0.2) is 26.4 Å². The standard InChI is InChI=1S/C10H14N4O4/c1-5-9(2,11)13(16)7-4-3-6-8(10(5,7)15)12-18-14(6)17/h5,15H,3-4,11H2,1-2H3/t5-,9-,10+/m1/s1. The zero-order valence-electron chi connectivity index (χ0n) is 10.1. The number of hydrogen-bond donors (Lipinski definition) is 2. The second-order valence-corrected chi connectivity index (χ2v) is 5.18. The molecular weight excluding hydrogens is 240 g/mol. The smallest absolute Gasteiger partial charge is 0.263 e. The molecule has 0 bridgehead atoms. The summed E-state index contributed by atoms with van der Waals surface area (Å²) in [6, 6.07) is 0. The molecule has 0 saturated heterocycles. The first kappa shape index (κ1) is 11.4. The van der Waals surface area contributed by atoms with Crippen LogP contribution in [0.25, 0.3) is 0 Å². The number of rotatable bonds is 0. The molecule has 0 saturated carbocycles. The second kappa shape index (κ2) is 3.01. The first-order valence-corrected chi connectivity index (χ1v) is 5.75. The van der Waals surface area contributed by atoms with Gasteiger partial charge in [0.2, 0.25) is 22.7 Å². The molecule has 1 aliphatic carbocycles. The van der Waals surface area contributed by atoms with Crippen molar-refractivity contribution in [3.8, 4) is 0 Å². The lowest BCUT2D eigenvalue weighted by molar-refractivity contribution is -0.808. The molecule has 0 unspecified atom stereocenters. The van der Waals surface area contributed by atoms with Crippen molar-refractivity contribution in [2.24, 2.45) is 11.7 Å². The minimum Gasteiger partial charge on any atom is -0.622 e. The van der Waals surface area contributed by atoms with Gasteiger partial charge in [0.1, 0.15) is 0 Å². The van der Waals surface area contributed by atoms with E-state index in [2.05, 4.69) is 9.79 Å². The summed E-state index contributed by atoms with van der Waals surface area (Å²) in [5.41, 5.74) is 3.74. The molecule has 0 aromatic carbocycles. The van der Waals surface area contributed by atoms with Crippen LogP contribution in [0.5, 0.6) is 0 Å². The molecule has 18 heavy (non-hydrogen) atoms. The minimum absolute atomic E-state index is 0.112. The summed E-state index contributed by atoms with van der Waals surface area (Å²) in [5.74, 6) is -0.596. The van der Waals surface area contributed by atoms with E-state index in [4.69, 9.17) is 5.73 Å². The van der Waals surface area contributed by atoms with Gasteiger partial charge in [-0.2, -0.15) is 4.74 Å². The minimum atomic E-state index is -1.61. The fourth-order valence-corrected chi connectivity index (χ4v) is 2.93. The first-order chi connectivity index (χ1) is 8.31. The summed E-state index contributed by atoms with van der Waals surface area (Å²) < 4.78 is 5.16. The highest BCUT2D eigenvalue weighted by atomic mass is 16.8. The van der Waals surface area contributed by atoms with Gasteiger partial charge in [0.15, 0.2) is 0 Å². The molecule has 0 radical (unpaired) electrons. The average molecular weight is 254 g/mol. The van der Waals surface area contributed by atoms with Crippen LogP contribution in [0.2, 0.25) is 0 Å². The highest BCUT2D eigenvalue weighted by Gasteiger charge is 2.67. The lowest BCUT2D eigenvalue weighted by Gasteiger charge is -2.27. The van der Waals surface area contributed by atoms with Gasteiger partial charge in [-0.25, -0.2) is 0 Å². The second-order valence-electron chi connectivity index (χ2n) is 5.18. The third-order valence-electron chi connectivity index (χ3n) is 4.29. The zero-order chi connectivity index (χ0) is 13.3. The van der Waals surface area contributed by atoms with Crippen molar-refractivity contribution in [3.63, 3.8) is 0 Å². The van der Waals surface area contributed by atoms with Crippen LogP contribution in [0.3, 0.4) is 0 Å². The van der Waals surface area contributed by atoms with Gasteiger partial charge in [0.05, 0.1) is 5.92 Å². The van der Waals surface area contributed by atoms with Crippen LogP contribution in [0, 0.1) is 16.3 Å². The number of hydroxylamine groups is 1. The molecule has 1 aliphatic heterocycles. The van der Waals surface area contributed by atoms with Gasteiger partial charge in [-0.1, -0.05) is 6.92 Å². The monoisotopic (exact) mass is 254 g/mol. The lowest BCUT2D eigenvalue weighted by atomic mass is 9.74. The van der Waals surface area contributed by atoms with Crippen molar-refractivity contribution in [2.75, 3.05) is 0 Å². The summed E-state index contributed by atoms with van der Waals surface area (Å²) in [6.07, 6.45) is 0.578. The van der Waals surface area contributed by atoms with Crippen molar-refractivity contribution >= 4 is 5.71 Å². The van der Waals surface area contributed by atoms with E-state index in [1.807, 2.05) is 0 Å². The molecule has 3 atom stereocenters. The van der Waals surface area contributed by atoms with Crippen molar-refractivity contribution in [2.45, 2.75) is 38.0 Å². The van der Waals surface area contributed by atoms with Crippen LogP contribution in [0.15, 0.2) is 4.63 Å². The molecule has 0 spiro atoms. The van der Waals surface area contributed by atoms with E-state index in [1.165, 1.54) is 0 Å². The van der Waals surface area contributed by atoms with E-state index in [0.29, 0.717) is 11.2 Å². The van der Waals surface area contributed by atoms with Crippen LogP contribution in [0.4, 0.5) is 0 Å². The molecule has 0 fully saturated rings. The fraction of sp³-hybridized carbons (Fsp3) is 0.700. The maximum absolute atomic E-state index is 12.1. The topological polar surface area (TPSA) is 125 Å². The Balaban J connectivity index is 2.28. The van der Waals surface area contributed by atoms with E-state index in [-0.39, 0.29) is 28.4 Å². The zero-order valence-corrected chi connectivity index (χ0v) is 10.1. The van der Waals surface area contributed by atoms with E-state index < -0.39 is 17.2 Å². The number of aliphatic hydroxyl groups is 1. The third kappa shape index (κ3) is 1.01. The Kier molecular flexibility index (Phi) is 1.91. The molecule has 1 aromatic heterocycles. The van der Waals surface area contributed by atoms with Crippen LogP contribution in [-0.2, 0) is 12.0 Å². The van der Waals surface area contributed by atoms with Gasteiger partial charge in [-0.3, -0.25) is 10.4 Å². The Bertz CT molecular complexity index is 564. The average Bonchev–Trinajstić information content (AvgIpc) is 2.75. The Morgan fingerprint density at radius 1 is 1.50 bits per heavy atom. The predicted octanol–water partition coefficient (Wildman–Crippen LogP) is -1.28. The molecule has 8 heteroatoms. The van der Waals surface area contributed by atoms with Crippen LogP contribution in [0.1, 0.15) is 31.7 Å². The number of aromatic nitrogens is 2. The van der Waals surface area contributed by atoms with Crippen molar-refractivity contribution in [3.05, 3.63) is 21.8 Å². The summed E-state index contributed by atoms with van der Waals surface area (Å²) in [6.45, 7) is 3.22. The third-order valence-corrected chi connectivity index (χ3v) is 4.29. The predicted molar refractivity (Wildman–Crippen MR) is 58.1 cm³/mol. The highest BCUT2D eigenvalue weighted by Crippen LogP contribution is 2.45. The highest BCUT2D eigenvalue weighted by molar-refractivity contribution is 5.92. The summed E-state index contributed by atoms with van der Waals surface area (Å²) in [4.78, 5) is 0.276. The summed E-state index contributed by atoms with van der Waals surface area (Å²) in [7, 11) is 0. The van der Waals surface area contributed by atoms with Crippen LogP contribution >= 0.6 is 0 Å². The number of nitrogens with two attached hydrogens (primary N) is 1. The summed E-state index contributed by atoms with van der Waals surface area (Å²) in [5, 5.41) is 38.0. The molecule has 3 N–H and O–H groups in total. The molecular formula is C10H14N4O4. The van der Waals surface area contributed by atoms with E-state index in [9.17, 15) is 15.5 Å². The summed E-state index contributed by atoms with van der Waals surface area (Å²) >= 11 is 0. The maximum Gasteiger partial charge on any atom is 0.263 e. The Labute approximate surface area is 102 Å². The van der Waals surface area contributed by atoms with E-state index >= 15 is 0 Å². The largest absolute Gasteiger partial charge is 0.622 e. The van der Waals surface area contributed by atoms with Gasteiger partial charge in [0, 0.05) is 24.9 Å². The molecule has 3 rings (SSSR count). The van der Waals surface area contributed by atoms with Crippen LogP contribution < -0.4 is 10.6 Å². The molecule has 2 heterocycles. The van der Waals surface area contributed by atoms with Crippen molar-refractivity contribution in [1.82, 2.24) is 5.16 Å². The lowest BCUT2D eigenvalue weighted by Crippen LogP contribution is -2.52. The quantitative estimate of drug-likeness (QED) is 0.438. The van der Waals surface area contributed by atoms with Gasteiger partial charge in [-0.15, -0.1) is 0 Å². The molecule has 1 aromatic rings. The first-order valence-electron chi connectivity index (χ1n) is 5.75. The van der Waals surface area contributed by atoms with Gasteiger partial charge < -0.3 is 15.5 Å². The van der Waals surface area contributed by atoms with Gasteiger partial charge in [-0.05, 0) is 4.90 Å². The van der Waals surface area contributed by atoms with Gasteiger partial charge in [0.25, 0.3) is 5.69 Å². The van der Waals surface area contributed by atoms with Crippen molar-refractivity contribution < 1.29 is 19.4 Å². The number of hydrogen-bond acceptors (Lipinski definition) is 6. The molecule has 2 aliphatic rings. The Hall–Kier alpha value is -1.67. The normalized spacial score (nSPS) is 38.8. The SMILES string of the molecule is C[C@@H]1[C@](C)(N)[N+]([O-])=C2CCc3c(no[n+]3[O-])[C@@]21O. The Morgan fingerprint density at radius 3 is 2.83 bits per heavy atom. The van der Waals surface area contributed by atoms with E-state index in [1.54, 1.807) is 13.8 Å². The van der Waals surface area contributed by atoms with E-state index in [0.717, 1.165) is 0 Å². The van der Waals surface area contributed by atoms with Crippen molar-refractivity contribution in [1.29, 1.82) is 0 Å². The maximum atomic E-state index is 12.1. The molecule has 8 nitrogen and oxygen atoms in total. The molecule has 98 valence electrons. The Morgan fingerprint density at radius 2 is 2.17 bits per heavy atom. The fourth-order valence-electron chi connectivity index (χ4n) is 2.93.